The highest BCUT2D eigenvalue weighted by Crippen LogP contribution is 2.80. The van der Waals surface area contributed by atoms with Crippen LogP contribution in [0.2, 0.25) is 0 Å². The van der Waals surface area contributed by atoms with Crippen LogP contribution in [0.3, 0.4) is 0 Å². The lowest BCUT2D eigenvalue weighted by molar-refractivity contribution is -0.270. The Labute approximate surface area is 223 Å². The fraction of sp³-hybridized carbons (Fsp3) is 0.906. The predicted octanol–water partition coefficient (Wildman–Crippen LogP) is 6.66. The molecule has 6 fully saturated rings. The van der Waals surface area contributed by atoms with Gasteiger partial charge in [0.1, 0.15) is 6.10 Å². The molecule has 0 aromatic rings. The molecule has 0 aromatic carbocycles. The fourth-order valence-electron chi connectivity index (χ4n) is 11.9. The van der Waals surface area contributed by atoms with Gasteiger partial charge < -0.3 is 9.47 Å². The molecule has 2 bridgehead atoms. The Morgan fingerprint density at radius 2 is 1.51 bits per heavy atom. The highest BCUT2D eigenvalue weighted by atomic mass is 16.6. The van der Waals surface area contributed by atoms with Gasteiger partial charge >= 0.3 is 11.9 Å². The largest absolute Gasteiger partial charge is 0.462 e. The first kappa shape index (κ1) is 25.9. The number of Topliss-reactive ketones (excluding diaryl/α,β-unsaturated/α-hetero) is 1. The molecule has 6 rings (SSSR count). The molecule has 0 amide bonds. The van der Waals surface area contributed by atoms with Crippen LogP contribution in [0.1, 0.15) is 120 Å². The minimum atomic E-state index is -0.973. The Morgan fingerprint density at radius 1 is 0.838 bits per heavy atom. The molecule has 1 spiro atoms. The summed E-state index contributed by atoms with van der Waals surface area (Å²) in [5.74, 6) is 0.550. The molecule has 5 saturated carbocycles. The summed E-state index contributed by atoms with van der Waals surface area (Å²) in [5.41, 5.74) is -1.93. The van der Waals surface area contributed by atoms with Crippen molar-refractivity contribution in [1.29, 1.82) is 0 Å². The van der Waals surface area contributed by atoms with Crippen LogP contribution in [0.4, 0.5) is 0 Å². The standard InChI is InChI=1S/C32H48O5/c1-19(33)36-24-10-11-28(6)20(27(24,4)5)9-12-29(7)21(28)17-23(34)32-22-18-26(2,3)13-15-31(22,25(35)37-32)16-14-30(29,32)8/h20-22,24H,9-18H2,1-8H3/t20-,21-,22-,24+,28+,29-,30+,31+,32-/m1/s1. The SMILES string of the molecule is CC(=O)O[C@H]1CC[C@@]2(C)[C@H](CC[C@]3(C)[C@@H]2CC(=O)[C@]24OC(=O)[C@@]5(CCC(C)(C)C[C@H]52)CC[C@@]34C)C1(C)C. The zero-order chi connectivity index (χ0) is 27.0. The van der Waals surface area contributed by atoms with Gasteiger partial charge in [0.05, 0.1) is 5.41 Å². The highest BCUT2D eigenvalue weighted by molar-refractivity contribution is 5.98. The van der Waals surface area contributed by atoms with Crippen molar-refractivity contribution in [2.75, 3.05) is 0 Å². The Hall–Kier alpha value is -1.39. The Bertz CT molecular complexity index is 1080. The van der Waals surface area contributed by atoms with Gasteiger partial charge in [-0.25, -0.2) is 0 Å². The van der Waals surface area contributed by atoms with E-state index in [-0.39, 0.29) is 62.7 Å². The second-order valence-corrected chi connectivity index (χ2v) is 16.2. The molecule has 0 unspecified atom stereocenters. The summed E-state index contributed by atoms with van der Waals surface area (Å²) >= 11 is 0. The summed E-state index contributed by atoms with van der Waals surface area (Å²) in [4.78, 5) is 40.3. The van der Waals surface area contributed by atoms with E-state index in [1.54, 1.807) is 0 Å². The van der Waals surface area contributed by atoms with E-state index in [0.29, 0.717) is 12.3 Å². The van der Waals surface area contributed by atoms with E-state index < -0.39 is 11.0 Å². The average molecular weight is 513 g/mol. The number of esters is 2. The Morgan fingerprint density at radius 3 is 2.19 bits per heavy atom. The smallest absolute Gasteiger partial charge is 0.313 e. The molecule has 0 radical (unpaired) electrons. The third kappa shape index (κ3) is 2.80. The minimum absolute atomic E-state index is 0.00180. The van der Waals surface area contributed by atoms with Gasteiger partial charge in [0, 0.05) is 30.1 Å². The first-order valence-electron chi connectivity index (χ1n) is 14.9. The minimum Gasteiger partial charge on any atom is -0.462 e. The van der Waals surface area contributed by atoms with Crippen molar-refractivity contribution in [2.24, 2.45) is 50.2 Å². The second kappa shape index (κ2) is 7.22. The first-order chi connectivity index (χ1) is 17.0. The van der Waals surface area contributed by atoms with Gasteiger partial charge in [0.2, 0.25) is 0 Å². The molecule has 5 aliphatic carbocycles. The number of ketones is 1. The molecule has 0 aromatic heterocycles. The summed E-state index contributed by atoms with van der Waals surface area (Å²) < 4.78 is 12.4. The van der Waals surface area contributed by atoms with E-state index in [4.69, 9.17) is 9.47 Å². The monoisotopic (exact) mass is 512 g/mol. The van der Waals surface area contributed by atoms with Gasteiger partial charge in [0.15, 0.2) is 11.4 Å². The lowest BCUT2D eigenvalue weighted by atomic mass is 9.30. The van der Waals surface area contributed by atoms with Crippen LogP contribution in [0.5, 0.6) is 0 Å². The van der Waals surface area contributed by atoms with Gasteiger partial charge in [-0.1, -0.05) is 48.5 Å². The van der Waals surface area contributed by atoms with E-state index >= 15 is 0 Å². The van der Waals surface area contributed by atoms with E-state index in [1.807, 2.05) is 0 Å². The maximum Gasteiger partial charge on any atom is 0.313 e. The number of ether oxygens (including phenoxy) is 2. The van der Waals surface area contributed by atoms with Crippen molar-refractivity contribution in [2.45, 2.75) is 131 Å². The quantitative estimate of drug-likeness (QED) is 0.368. The normalized spacial score (nSPS) is 53.2. The average Bonchev–Trinajstić information content (AvgIpc) is 2.97. The second-order valence-electron chi connectivity index (χ2n) is 16.2. The van der Waals surface area contributed by atoms with Gasteiger partial charge in [-0.05, 0) is 85.9 Å². The molecule has 1 saturated heterocycles. The van der Waals surface area contributed by atoms with E-state index in [2.05, 4.69) is 48.5 Å². The summed E-state index contributed by atoms with van der Waals surface area (Å²) in [7, 11) is 0. The van der Waals surface area contributed by atoms with Crippen molar-refractivity contribution in [3.05, 3.63) is 0 Å². The van der Waals surface area contributed by atoms with E-state index in [9.17, 15) is 14.4 Å². The lowest BCUT2D eigenvalue weighted by Crippen LogP contribution is -2.75. The Kier molecular flexibility index (Phi) is 5.04. The van der Waals surface area contributed by atoms with Crippen LogP contribution < -0.4 is 0 Å². The van der Waals surface area contributed by atoms with Gasteiger partial charge in [-0.3, -0.25) is 14.4 Å². The van der Waals surface area contributed by atoms with E-state index in [1.165, 1.54) is 6.92 Å². The number of hydrogen-bond donors (Lipinski definition) is 0. The van der Waals surface area contributed by atoms with E-state index in [0.717, 1.165) is 57.8 Å². The molecule has 0 N–H and O–H groups in total. The third-order valence-corrected chi connectivity index (χ3v) is 14.1. The number of carbonyl (C=O) groups is 3. The lowest BCUT2D eigenvalue weighted by Gasteiger charge is -2.73. The van der Waals surface area contributed by atoms with Crippen molar-refractivity contribution < 1.29 is 23.9 Å². The van der Waals surface area contributed by atoms with Crippen molar-refractivity contribution in [3.8, 4) is 0 Å². The number of fused-ring (bicyclic) bond motifs is 4. The van der Waals surface area contributed by atoms with Crippen LogP contribution >= 0.6 is 0 Å². The third-order valence-electron chi connectivity index (χ3n) is 14.1. The van der Waals surface area contributed by atoms with Gasteiger partial charge in [-0.15, -0.1) is 0 Å². The van der Waals surface area contributed by atoms with Crippen LogP contribution in [0.25, 0.3) is 0 Å². The predicted molar refractivity (Wildman–Crippen MR) is 140 cm³/mol. The summed E-state index contributed by atoms with van der Waals surface area (Å²) in [6, 6.07) is 0. The van der Waals surface area contributed by atoms with Crippen LogP contribution in [0.15, 0.2) is 0 Å². The highest BCUT2D eigenvalue weighted by Gasteiger charge is 2.83. The van der Waals surface area contributed by atoms with Crippen LogP contribution in [0, 0.1) is 50.2 Å². The number of rotatable bonds is 1. The molecule has 37 heavy (non-hydrogen) atoms. The molecule has 1 heterocycles. The fourth-order valence-corrected chi connectivity index (χ4v) is 11.9. The molecular weight excluding hydrogens is 464 g/mol. The molecule has 1 aliphatic heterocycles. The zero-order valence-corrected chi connectivity index (χ0v) is 24.4. The summed E-state index contributed by atoms with van der Waals surface area (Å²) in [6.07, 6.45) is 8.87. The maximum absolute atomic E-state index is 14.7. The molecule has 6 aliphatic rings. The summed E-state index contributed by atoms with van der Waals surface area (Å²) in [6.45, 7) is 17.9. The summed E-state index contributed by atoms with van der Waals surface area (Å²) in [5, 5.41) is 0. The maximum atomic E-state index is 14.7. The number of hydrogen-bond acceptors (Lipinski definition) is 5. The van der Waals surface area contributed by atoms with Gasteiger partial charge in [0.25, 0.3) is 0 Å². The zero-order valence-electron chi connectivity index (χ0n) is 24.4. The molecule has 5 nitrogen and oxygen atoms in total. The molecule has 9 atom stereocenters. The topological polar surface area (TPSA) is 69.7 Å². The molecule has 5 heteroatoms. The molecule has 206 valence electrons. The van der Waals surface area contributed by atoms with Crippen molar-refractivity contribution >= 4 is 17.7 Å². The van der Waals surface area contributed by atoms with Crippen molar-refractivity contribution in [3.63, 3.8) is 0 Å². The Balaban J connectivity index is 1.44. The molecular formula is C32H48O5. The van der Waals surface area contributed by atoms with Gasteiger partial charge in [-0.2, -0.15) is 0 Å². The van der Waals surface area contributed by atoms with Crippen molar-refractivity contribution in [1.82, 2.24) is 0 Å². The van der Waals surface area contributed by atoms with Crippen LogP contribution in [-0.2, 0) is 23.9 Å². The van der Waals surface area contributed by atoms with Crippen LogP contribution in [-0.4, -0.2) is 29.4 Å². The number of carbonyl (C=O) groups excluding carboxylic acids is 3. The first-order valence-corrected chi connectivity index (χ1v) is 14.9.